The minimum absolute atomic E-state index is 0. The number of carbonyl (C=O) groups excluding carboxylic acids is 5. The van der Waals surface area contributed by atoms with Crippen molar-refractivity contribution in [2.24, 2.45) is 11.1 Å². The minimum Gasteiger partial charge on any atom is -0.410 e. The topological polar surface area (TPSA) is 170 Å². The Kier molecular flexibility index (Phi) is 23.6. The number of pyridine rings is 2. The normalized spacial score (nSPS) is 12.5. The molecule has 2 fully saturated rings. The highest BCUT2D eigenvalue weighted by Gasteiger charge is 2.32. The Balaban J connectivity index is 0. The fourth-order valence-electron chi connectivity index (χ4n) is 3.68. The highest BCUT2D eigenvalue weighted by atomic mass is 35.5. The van der Waals surface area contributed by atoms with E-state index in [-0.39, 0.29) is 47.9 Å². The second kappa shape index (κ2) is 24.1. The van der Waals surface area contributed by atoms with Crippen LogP contribution in [0.4, 0.5) is 0 Å². The quantitative estimate of drug-likeness (QED) is 0.140. The molecule has 2 saturated carbocycles. The first kappa shape index (κ1) is 45.0. The third-order valence-corrected chi connectivity index (χ3v) is 7.30. The molecule has 0 amide bonds. The van der Waals surface area contributed by atoms with E-state index in [2.05, 4.69) is 34.1 Å². The van der Waals surface area contributed by atoms with Crippen molar-refractivity contribution in [1.82, 2.24) is 15.1 Å². The molecule has 0 bridgehead atoms. The number of carbonyl (C=O) groups is 1. The van der Waals surface area contributed by atoms with E-state index in [9.17, 15) is 4.79 Å². The molecule has 0 aromatic carbocycles. The summed E-state index contributed by atoms with van der Waals surface area (Å²) in [5, 5.41) is 16.6. The van der Waals surface area contributed by atoms with Crippen LogP contribution in [0.1, 0.15) is 90.0 Å². The highest BCUT2D eigenvalue weighted by molar-refractivity contribution is 6.71. The number of hydrogen-bond acceptors (Lipinski definition) is 11. The fourth-order valence-corrected chi connectivity index (χ4v) is 5.07. The molecule has 3 aromatic heterocycles. The number of aromatic nitrogens is 3. The predicted molar refractivity (Wildman–Crippen MR) is 176 cm³/mol. The van der Waals surface area contributed by atoms with Crippen LogP contribution in [0.3, 0.4) is 0 Å². The molecule has 1 N–H and O–H groups in total. The predicted octanol–water partition coefficient (Wildman–Crippen LogP) is 9.12. The third-order valence-electron chi connectivity index (χ3n) is 5.89. The number of hydrogen-bond donors (Lipinski definition) is 1. The number of rotatable bonds is 7. The van der Waals surface area contributed by atoms with Gasteiger partial charge in [-0.25, -0.2) is 0 Å². The summed E-state index contributed by atoms with van der Waals surface area (Å²) in [7, 11) is 0. The number of halogens is 5. The van der Waals surface area contributed by atoms with Gasteiger partial charge in [0.1, 0.15) is 17.2 Å². The van der Waals surface area contributed by atoms with Crippen molar-refractivity contribution >= 4 is 81.3 Å². The van der Waals surface area contributed by atoms with Crippen LogP contribution in [0.5, 0.6) is 0 Å². The SMILES string of the molecule is C.C.CCCC(=O)C1CC1.CCc1c(-c2c(Cl)cncc2Cl)noc1C1CC1.O/N=C(\Cl)c1c(Cl)cncc1Cl.O=C=O.O=C=O. The van der Waals surface area contributed by atoms with Crippen LogP contribution in [0.2, 0.25) is 20.1 Å². The van der Waals surface area contributed by atoms with Crippen LogP contribution in [0, 0.1) is 5.92 Å². The number of nitrogens with zero attached hydrogens (tertiary/aromatic N) is 4. The lowest BCUT2D eigenvalue weighted by Crippen LogP contribution is -1.97. The zero-order valence-electron chi connectivity index (χ0n) is 23.5. The lowest BCUT2D eigenvalue weighted by atomic mass is 10.0. The van der Waals surface area contributed by atoms with Crippen LogP contribution >= 0.6 is 58.0 Å². The molecule has 3 aromatic rings. The lowest BCUT2D eigenvalue weighted by molar-refractivity contribution is -0.193. The van der Waals surface area contributed by atoms with E-state index in [0.29, 0.717) is 27.7 Å². The molecule has 0 atom stereocenters. The van der Waals surface area contributed by atoms with Crippen LogP contribution in [0.25, 0.3) is 11.3 Å². The Labute approximate surface area is 292 Å². The first-order valence-electron chi connectivity index (χ1n) is 13.0. The van der Waals surface area contributed by atoms with Gasteiger partial charge in [-0.2, -0.15) is 19.2 Å². The summed E-state index contributed by atoms with van der Waals surface area (Å²) in [6.07, 6.45) is 13.8. The Bertz CT molecular complexity index is 1430. The molecule has 0 saturated heterocycles. The summed E-state index contributed by atoms with van der Waals surface area (Å²) in [6, 6.07) is 0. The maximum Gasteiger partial charge on any atom is 0.373 e. The average Bonchev–Trinajstić information content (AvgIpc) is 3.92. The molecule has 16 heteroatoms. The smallest absolute Gasteiger partial charge is 0.373 e. The second-order valence-electron chi connectivity index (χ2n) is 9.01. The zero-order valence-corrected chi connectivity index (χ0v) is 27.3. The van der Waals surface area contributed by atoms with Gasteiger partial charge in [0.15, 0.2) is 5.17 Å². The molecule has 3 heterocycles. The standard InChI is InChI=1S/C13H12Cl2N2O.C7H12O.C6H3Cl3N2O.2CO2.2CH4/c1-2-8-12(17-18-13(8)7-3-4-7)11-9(14)5-16-6-10(11)15;1-2-3-7(8)6-4-5-6;7-3-1-10-2-4(8)5(3)6(9)11-12;2*2-1-3;;/h5-7H,2-4H2,1H3;6H,2-5H2,1H3;1-2,12H;;;2*1H4/b;;11-6-;;;;. The van der Waals surface area contributed by atoms with Crippen molar-refractivity contribution in [3.05, 3.63) is 61.8 Å². The van der Waals surface area contributed by atoms with Crippen molar-refractivity contribution in [1.29, 1.82) is 0 Å². The summed E-state index contributed by atoms with van der Waals surface area (Å²) >= 11 is 29.2. The molecule has 0 spiro atoms. The van der Waals surface area contributed by atoms with Crippen LogP contribution in [-0.4, -0.2) is 43.6 Å². The lowest BCUT2D eigenvalue weighted by Gasteiger charge is -2.04. The van der Waals surface area contributed by atoms with E-state index in [0.717, 1.165) is 41.8 Å². The van der Waals surface area contributed by atoms with Gasteiger partial charge in [0.05, 0.1) is 25.7 Å². The molecule has 11 nitrogen and oxygen atoms in total. The van der Waals surface area contributed by atoms with Crippen molar-refractivity contribution in [2.75, 3.05) is 0 Å². The molecule has 0 unspecified atom stereocenters. The van der Waals surface area contributed by atoms with E-state index >= 15 is 0 Å². The first-order chi connectivity index (χ1) is 21.1. The summed E-state index contributed by atoms with van der Waals surface area (Å²) in [4.78, 5) is 51.0. The van der Waals surface area contributed by atoms with Gasteiger partial charge >= 0.3 is 12.3 Å². The van der Waals surface area contributed by atoms with E-state index in [4.69, 9.17) is 86.9 Å². The maximum atomic E-state index is 10.8. The molecule has 2 aliphatic rings. The van der Waals surface area contributed by atoms with Crippen molar-refractivity contribution in [3.8, 4) is 11.3 Å². The van der Waals surface area contributed by atoms with Gasteiger partial charge in [-0.15, -0.1) is 0 Å². The summed E-state index contributed by atoms with van der Waals surface area (Å²) in [5.74, 6) is 2.50. The van der Waals surface area contributed by atoms with Gasteiger partial charge in [0.2, 0.25) is 0 Å². The number of ketones is 1. The zero-order chi connectivity index (χ0) is 33.2. The van der Waals surface area contributed by atoms with Crippen LogP contribution in [-0.2, 0) is 30.4 Å². The van der Waals surface area contributed by atoms with Crippen LogP contribution < -0.4 is 0 Å². The minimum atomic E-state index is -0.160. The Morgan fingerprint density at radius 3 is 1.72 bits per heavy atom. The molecule has 252 valence electrons. The molecular weight excluding hydrogens is 706 g/mol. The summed E-state index contributed by atoms with van der Waals surface area (Å²) in [6.45, 7) is 4.14. The average molecular weight is 741 g/mol. The molecular formula is C30H35Cl5N4O7. The van der Waals surface area contributed by atoms with Gasteiger partial charge in [-0.3, -0.25) is 14.8 Å². The van der Waals surface area contributed by atoms with Gasteiger partial charge in [0, 0.05) is 54.2 Å². The van der Waals surface area contributed by atoms with E-state index in [1.54, 1.807) is 12.4 Å². The number of oxime groups is 1. The molecule has 46 heavy (non-hydrogen) atoms. The Morgan fingerprint density at radius 2 is 1.35 bits per heavy atom. The molecule has 0 radical (unpaired) electrons. The van der Waals surface area contributed by atoms with Gasteiger partial charge < -0.3 is 9.73 Å². The van der Waals surface area contributed by atoms with E-state index in [1.165, 1.54) is 38.1 Å². The third kappa shape index (κ3) is 14.5. The largest absolute Gasteiger partial charge is 0.410 e. The van der Waals surface area contributed by atoms with Crippen molar-refractivity contribution < 1.29 is 33.7 Å². The fraction of sp³-hybridized carbons (Fsp3) is 0.433. The van der Waals surface area contributed by atoms with Gasteiger partial charge in [0.25, 0.3) is 0 Å². The van der Waals surface area contributed by atoms with Crippen LogP contribution in [0.15, 0.2) is 34.5 Å². The van der Waals surface area contributed by atoms with Crippen molar-refractivity contribution in [2.45, 2.75) is 79.6 Å². The molecule has 0 aliphatic heterocycles. The maximum absolute atomic E-state index is 10.8. The monoisotopic (exact) mass is 738 g/mol. The second-order valence-corrected chi connectivity index (χ2v) is 11.0. The summed E-state index contributed by atoms with van der Waals surface area (Å²) in [5.41, 5.74) is 2.88. The Hall–Kier alpha value is -3.14. The van der Waals surface area contributed by atoms with E-state index < -0.39 is 0 Å². The highest BCUT2D eigenvalue weighted by Crippen LogP contribution is 2.45. The van der Waals surface area contributed by atoms with Crippen molar-refractivity contribution in [3.63, 3.8) is 0 Å². The molecule has 2 aliphatic carbocycles. The summed E-state index contributed by atoms with van der Waals surface area (Å²) < 4.78 is 5.49. The molecule has 5 rings (SSSR count). The first-order valence-corrected chi connectivity index (χ1v) is 14.9. The van der Waals surface area contributed by atoms with E-state index in [1.807, 2.05) is 0 Å². The Morgan fingerprint density at radius 1 is 0.891 bits per heavy atom. The number of Topliss-reactive ketones (excluding diaryl/α,β-unsaturated/α-hetero) is 1. The van der Waals surface area contributed by atoms with Gasteiger partial charge in [-0.1, -0.05) is 97.0 Å². The van der Waals surface area contributed by atoms with Gasteiger partial charge in [-0.05, 0) is 38.5 Å².